The molecule has 0 spiro atoms. The van der Waals surface area contributed by atoms with E-state index in [9.17, 15) is 15.3 Å². The van der Waals surface area contributed by atoms with Crippen molar-refractivity contribution in [3.05, 3.63) is 52.8 Å². The molecule has 6 heteroatoms. The molecule has 0 bridgehead atoms. The molecule has 3 N–H and O–H groups in total. The van der Waals surface area contributed by atoms with Gasteiger partial charge in [-0.2, -0.15) is 5.10 Å². The molecule has 1 fully saturated rings. The van der Waals surface area contributed by atoms with Crippen LogP contribution in [0, 0.1) is 13.8 Å². The Kier molecular flexibility index (Phi) is 5.24. The lowest BCUT2D eigenvalue weighted by Gasteiger charge is -2.30. The molecular formula is C19H27N3O3. The van der Waals surface area contributed by atoms with E-state index in [1.54, 1.807) is 0 Å². The first-order valence-corrected chi connectivity index (χ1v) is 8.69. The van der Waals surface area contributed by atoms with Crippen molar-refractivity contribution in [3.63, 3.8) is 0 Å². The van der Waals surface area contributed by atoms with E-state index in [4.69, 9.17) is 0 Å². The van der Waals surface area contributed by atoms with Gasteiger partial charge in [0.2, 0.25) is 0 Å². The van der Waals surface area contributed by atoms with E-state index in [2.05, 4.69) is 5.10 Å². The number of nitrogens with zero attached hydrogens (tertiary/aromatic N) is 3. The van der Waals surface area contributed by atoms with E-state index >= 15 is 0 Å². The van der Waals surface area contributed by atoms with Crippen molar-refractivity contribution in [2.75, 3.05) is 6.61 Å². The summed E-state index contributed by atoms with van der Waals surface area (Å²) in [5.74, 6) is 0. The monoisotopic (exact) mass is 345 g/mol. The quantitative estimate of drug-likeness (QED) is 0.737. The van der Waals surface area contributed by atoms with E-state index in [1.807, 2.05) is 60.8 Å². The van der Waals surface area contributed by atoms with Gasteiger partial charge in [-0.1, -0.05) is 30.3 Å². The molecule has 25 heavy (non-hydrogen) atoms. The zero-order chi connectivity index (χ0) is 18.1. The van der Waals surface area contributed by atoms with Crippen LogP contribution in [-0.4, -0.2) is 60.9 Å². The van der Waals surface area contributed by atoms with Crippen molar-refractivity contribution >= 4 is 0 Å². The van der Waals surface area contributed by atoms with Gasteiger partial charge >= 0.3 is 0 Å². The number of aryl methyl sites for hydroxylation is 2. The summed E-state index contributed by atoms with van der Waals surface area (Å²) in [4.78, 5) is 2.03. The maximum absolute atomic E-state index is 10.6. The van der Waals surface area contributed by atoms with Gasteiger partial charge in [0.15, 0.2) is 0 Å². The van der Waals surface area contributed by atoms with Gasteiger partial charge in [-0.05, 0) is 25.8 Å². The van der Waals surface area contributed by atoms with Gasteiger partial charge in [-0.3, -0.25) is 9.58 Å². The lowest BCUT2D eigenvalue weighted by atomic mass is 10.0. The molecule has 1 aliphatic heterocycles. The summed E-state index contributed by atoms with van der Waals surface area (Å²) in [6, 6.07) is 9.19. The fourth-order valence-electron chi connectivity index (χ4n) is 3.86. The first-order valence-electron chi connectivity index (χ1n) is 8.69. The van der Waals surface area contributed by atoms with Gasteiger partial charge in [0.1, 0.15) is 0 Å². The Morgan fingerprint density at radius 3 is 2.24 bits per heavy atom. The Morgan fingerprint density at radius 2 is 1.68 bits per heavy atom. The third-order valence-electron chi connectivity index (χ3n) is 5.46. The van der Waals surface area contributed by atoms with E-state index in [-0.39, 0.29) is 12.6 Å². The van der Waals surface area contributed by atoms with Crippen molar-refractivity contribution in [2.24, 2.45) is 7.05 Å². The van der Waals surface area contributed by atoms with E-state index in [0.717, 1.165) is 22.5 Å². The van der Waals surface area contributed by atoms with Crippen LogP contribution < -0.4 is 0 Å². The molecule has 0 saturated carbocycles. The van der Waals surface area contributed by atoms with E-state index in [0.29, 0.717) is 13.0 Å². The van der Waals surface area contributed by atoms with Gasteiger partial charge in [0, 0.05) is 30.9 Å². The zero-order valence-corrected chi connectivity index (χ0v) is 15.0. The number of rotatable bonds is 5. The van der Waals surface area contributed by atoms with Crippen molar-refractivity contribution < 1.29 is 15.3 Å². The molecule has 1 saturated heterocycles. The molecule has 0 amide bonds. The second-order valence-corrected chi connectivity index (χ2v) is 6.93. The molecule has 1 aromatic heterocycles. The van der Waals surface area contributed by atoms with E-state index < -0.39 is 18.2 Å². The molecular weight excluding hydrogens is 318 g/mol. The molecule has 2 heterocycles. The summed E-state index contributed by atoms with van der Waals surface area (Å²) < 4.78 is 1.84. The minimum Gasteiger partial charge on any atom is -0.395 e. The third-order valence-corrected chi connectivity index (χ3v) is 5.46. The zero-order valence-electron chi connectivity index (χ0n) is 15.0. The standard InChI is InChI=1S/C19H27N3O3/c1-12-15(13(2)21(3)20-12)10-22-16(9-14-7-5-4-6-8-14)18(24)19(25)17(22)11-23/h4-8,16-19,23-25H,9-11H2,1-3H3/t16-,17+,18-,19+/m0/s1. The molecule has 4 atom stereocenters. The molecule has 1 aliphatic rings. The van der Waals surface area contributed by atoms with Crippen molar-refractivity contribution in [1.29, 1.82) is 0 Å². The predicted octanol–water partition coefficient (Wildman–Crippen LogP) is 0.547. The van der Waals surface area contributed by atoms with Crippen LogP contribution in [0.5, 0.6) is 0 Å². The molecule has 3 rings (SSSR count). The minimum absolute atomic E-state index is 0.193. The average Bonchev–Trinajstić information content (AvgIpc) is 2.97. The second kappa shape index (κ2) is 7.25. The Labute approximate surface area is 148 Å². The number of aromatic nitrogens is 2. The van der Waals surface area contributed by atoms with Gasteiger partial charge < -0.3 is 15.3 Å². The van der Waals surface area contributed by atoms with Crippen LogP contribution >= 0.6 is 0 Å². The molecule has 0 aliphatic carbocycles. The van der Waals surface area contributed by atoms with Crippen LogP contribution in [-0.2, 0) is 20.0 Å². The Bertz CT molecular complexity index is 716. The van der Waals surface area contributed by atoms with Crippen LogP contribution in [0.3, 0.4) is 0 Å². The first-order chi connectivity index (χ1) is 11.9. The first kappa shape index (κ1) is 18.1. The minimum atomic E-state index is -0.962. The van der Waals surface area contributed by atoms with Crippen LogP contribution in [0.2, 0.25) is 0 Å². The number of benzene rings is 1. The topological polar surface area (TPSA) is 81.8 Å². The molecule has 0 unspecified atom stereocenters. The van der Waals surface area contributed by atoms with Crippen LogP contribution in [0.1, 0.15) is 22.5 Å². The summed E-state index contributed by atoms with van der Waals surface area (Å²) in [7, 11) is 1.91. The normalized spacial score (nSPS) is 27.1. The smallest absolute Gasteiger partial charge is 0.0991 e. The molecule has 136 valence electrons. The van der Waals surface area contributed by atoms with E-state index in [1.165, 1.54) is 0 Å². The predicted molar refractivity (Wildman–Crippen MR) is 95.0 cm³/mol. The number of aliphatic hydroxyl groups excluding tert-OH is 3. The van der Waals surface area contributed by atoms with Crippen LogP contribution in [0.15, 0.2) is 30.3 Å². The largest absolute Gasteiger partial charge is 0.395 e. The summed E-state index contributed by atoms with van der Waals surface area (Å²) >= 11 is 0. The highest BCUT2D eigenvalue weighted by atomic mass is 16.3. The Morgan fingerprint density at radius 1 is 1.04 bits per heavy atom. The highest BCUT2D eigenvalue weighted by Gasteiger charge is 2.47. The maximum Gasteiger partial charge on any atom is 0.0991 e. The lowest BCUT2D eigenvalue weighted by molar-refractivity contribution is 0.0178. The Hall–Kier alpha value is -1.73. The summed E-state index contributed by atoms with van der Waals surface area (Å²) in [5, 5.41) is 35.3. The van der Waals surface area contributed by atoms with Crippen molar-refractivity contribution in [2.45, 2.75) is 51.1 Å². The fraction of sp³-hybridized carbons (Fsp3) is 0.526. The summed E-state index contributed by atoms with van der Waals surface area (Å²) in [6.07, 6.45) is -1.24. The van der Waals surface area contributed by atoms with Crippen molar-refractivity contribution in [3.8, 4) is 0 Å². The molecule has 0 radical (unpaired) electrons. The van der Waals surface area contributed by atoms with Crippen molar-refractivity contribution in [1.82, 2.24) is 14.7 Å². The highest BCUT2D eigenvalue weighted by molar-refractivity contribution is 5.26. The number of hydrogen-bond donors (Lipinski definition) is 3. The maximum atomic E-state index is 10.6. The fourth-order valence-corrected chi connectivity index (χ4v) is 3.86. The van der Waals surface area contributed by atoms with Crippen LogP contribution in [0.4, 0.5) is 0 Å². The second-order valence-electron chi connectivity index (χ2n) is 6.93. The summed E-state index contributed by atoms with van der Waals surface area (Å²) in [6.45, 7) is 4.33. The van der Waals surface area contributed by atoms with Gasteiger partial charge in [0.05, 0.1) is 30.6 Å². The number of hydrogen-bond acceptors (Lipinski definition) is 5. The van der Waals surface area contributed by atoms with Gasteiger partial charge in [0.25, 0.3) is 0 Å². The van der Waals surface area contributed by atoms with Crippen LogP contribution in [0.25, 0.3) is 0 Å². The van der Waals surface area contributed by atoms with Gasteiger partial charge in [-0.15, -0.1) is 0 Å². The molecule has 2 aromatic rings. The summed E-state index contributed by atoms with van der Waals surface area (Å²) in [5.41, 5.74) is 4.18. The average molecular weight is 345 g/mol. The highest BCUT2D eigenvalue weighted by Crippen LogP contribution is 2.30. The molecule has 1 aromatic carbocycles. The van der Waals surface area contributed by atoms with Gasteiger partial charge in [-0.25, -0.2) is 0 Å². The Balaban J connectivity index is 1.91. The number of aliphatic hydroxyl groups is 3. The SMILES string of the molecule is Cc1nn(C)c(C)c1CN1[C@H](CO)[C@@H](O)[C@@H](O)[C@@H]1Cc1ccccc1. The third kappa shape index (κ3) is 3.35. The molecule has 6 nitrogen and oxygen atoms in total. The lowest BCUT2D eigenvalue weighted by Crippen LogP contribution is -2.42. The number of likely N-dealkylation sites (tertiary alicyclic amines) is 1.